The smallest absolute Gasteiger partial charge is 0.264 e. The Morgan fingerprint density at radius 1 is 1.15 bits per heavy atom. The lowest BCUT2D eigenvalue weighted by molar-refractivity contribution is 0.589. The fraction of sp³-hybridized carbons (Fsp3) is 0.0588. The summed E-state index contributed by atoms with van der Waals surface area (Å²) in [7, 11) is -4.24. The van der Waals surface area contributed by atoms with Gasteiger partial charge in [-0.3, -0.25) is 9.71 Å². The largest absolute Gasteiger partial charge is 0.276 e. The highest BCUT2D eigenvalue weighted by molar-refractivity contribution is 7.93. The molecule has 3 aromatic rings. The molecule has 0 saturated carbocycles. The molecule has 9 heteroatoms. The maximum absolute atomic E-state index is 14.1. The Morgan fingerprint density at radius 2 is 1.92 bits per heavy atom. The molecule has 132 valence electrons. The van der Waals surface area contributed by atoms with Crippen molar-refractivity contribution in [2.75, 3.05) is 4.72 Å². The zero-order valence-corrected chi connectivity index (χ0v) is 14.6. The number of pyridine rings is 1. The van der Waals surface area contributed by atoms with E-state index in [0.717, 1.165) is 12.3 Å². The fourth-order valence-electron chi connectivity index (χ4n) is 2.42. The zero-order chi connectivity index (χ0) is 18.9. The molecule has 26 heavy (non-hydrogen) atoms. The number of halogens is 3. The van der Waals surface area contributed by atoms with Crippen LogP contribution in [0.4, 0.5) is 14.5 Å². The molecule has 1 heterocycles. The molecule has 0 aliphatic rings. The third-order valence-corrected chi connectivity index (χ3v) is 5.25. The van der Waals surface area contributed by atoms with E-state index in [1.165, 1.54) is 18.3 Å². The Labute approximate surface area is 152 Å². The summed E-state index contributed by atoms with van der Waals surface area (Å²) < 4.78 is 55.4. The summed E-state index contributed by atoms with van der Waals surface area (Å²) >= 11 is 5.89. The van der Waals surface area contributed by atoms with Crippen LogP contribution in [0.3, 0.4) is 0 Å². The van der Waals surface area contributed by atoms with Crippen molar-refractivity contribution < 1.29 is 17.2 Å². The summed E-state index contributed by atoms with van der Waals surface area (Å²) in [6, 6.07) is 7.75. The Hall–Kier alpha value is -2.76. The van der Waals surface area contributed by atoms with E-state index in [1.807, 2.05) is 4.72 Å². The number of fused-ring (bicyclic) bond motifs is 1. The highest BCUT2D eigenvalue weighted by Crippen LogP contribution is 2.28. The molecule has 0 aliphatic carbocycles. The van der Waals surface area contributed by atoms with Gasteiger partial charge in [-0.2, -0.15) is 5.26 Å². The first-order valence-electron chi connectivity index (χ1n) is 7.23. The van der Waals surface area contributed by atoms with E-state index in [0.29, 0.717) is 21.9 Å². The lowest BCUT2D eigenvalue weighted by Gasteiger charge is -2.12. The minimum atomic E-state index is -4.24. The molecule has 1 N–H and O–H groups in total. The van der Waals surface area contributed by atoms with E-state index < -0.39 is 27.3 Å². The predicted molar refractivity (Wildman–Crippen MR) is 93.2 cm³/mol. The van der Waals surface area contributed by atoms with Crippen LogP contribution >= 0.6 is 11.6 Å². The van der Waals surface area contributed by atoms with Gasteiger partial charge in [0.05, 0.1) is 18.2 Å². The Bertz CT molecular complexity index is 1160. The Balaban J connectivity index is 2.06. The lowest BCUT2D eigenvalue weighted by atomic mass is 10.1. The third-order valence-electron chi connectivity index (χ3n) is 3.62. The van der Waals surface area contributed by atoms with E-state index in [2.05, 4.69) is 4.98 Å². The molecule has 0 unspecified atom stereocenters. The van der Waals surface area contributed by atoms with E-state index in [-0.39, 0.29) is 16.9 Å². The Morgan fingerprint density at radius 3 is 2.65 bits per heavy atom. The van der Waals surface area contributed by atoms with Gasteiger partial charge in [0.25, 0.3) is 10.0 Å². The highest BCUT2D eigenvalue weighted by atomic mass is 35.5. The molecule has 1 aromatic heterocycles. The van der Waals surface area contributed by atoms with Gasteiger partial charge in [-0.15, -0.1) is 0 Å². The van der Waals surface area contributed by atoms with E-state index in [4.69, 9.17) is 16.9 Å². The van der Waals surface area contributed by atoms with Gasteiger partial charge in [-0.05, 0) is 18.2 Å². The molecule has 5 nitrogen and oxygen atoms in total. The van der Waals surface area contributed by atoms with Gasteiger partial charge in [-0.25, -0.2) is 17.2 Å². The van der Waals surface area contributed by atoms with Gasteiger partial charge in [0.1, 0.15) is 16.5 Å². The van der Waals surface area contributed by atoms with Crippen LogP contribution < -0.4 is 4.72 Å². The standard InChI is InChI=1S/C17H10ClF2N3O2S/c18-12-1-2-13-11(5-12)8-22-9-17(13)26(24,25)23-16-7-14(19)10(3-4-21)6-15(16)20/h1-2,5-9,23H,3H2. The molecule has 0 bridgehead atoms. The van der Waals surface area contributed by atoms with Crippen LogP contribution in [-0.2, 0) is 16.4 Å². The van der Waals surface area contributed by atoms with Crippen LogP contribution in [0.5, 0.6) is 0 Å². The minimum absolute atomic E-state index is 0.158. The highest BCUT2D eigenvalue weighted by Gasteiger charge is 2.21. The monoisotopic (exact) mass is 393 g/mol. The number of hydrogen-bond acceptors (Lipinski definition) is 4. The molecule has 2 aromatic carbocycles. The molecular formula is C17H10ClF2N3O2S. The molecule has 0 fully saturated rings. The zero-order valence-electron chi connectivity index (χ0n) is 13.0. The first-order valence-corrected chi connectivity index (χ1v) is 9.09. The van der Waals surface area contributed by atoms with E-state index in [1.54, 1.807) is 12.1 Å². The van der Waals surface area contributed by atoms with Gasteiger partial charge in [0, 0.05) is 39.8 Å². The van der Waals surface area contributed by atoms with Crippen LogP contribution in [0.15, 0.2) is 47.6 Å². The topological polar surface area (TPSA) is 82.9 Å². The SMILES string of the molecule is N#CCc1cc(F)c(NS(=O)(=O)c2cncc3cc(Cl)ccc23)cc1F. The van der Waals surface area contributed by atoms with E-state index >= 15 is 0 Å². The number of nitrogens with one attached hydrogen (secondary N) is 1. The summed E-state index contributed by atoms with van der Waals surface area (Å²) in [4.78, 5) is 3.66. The van der Waals surface area contributed by atoms with Crippen molar-refractivity contribution in [2.45, 2.75) is 11.3 Å². The van der Waals surface area contributed by atoms with Crippen molar-refractivity contribution in [1.82, 2.24) is 4.98 Å². The summed E-state index contributed by atoms with van der Waals surface area (Å²) in [6.45, 7) is 0. The first kappa shape index (κ1) is 18.0. The fourth-order valence-corrected chi connectivity index (χ4v) is 3.83. The molecule has 0 aliphatic heterocycles. The lowest BCUT2D eigenvalue weighted by Crippen LogP contribution is -2.15. The quantitative estimate of drug-likeness (QED) is 0.725. The molecule has 0 spiro atoms. The van der Waals surface area contributed by atoms with Gasteiger partial charge in [0.15, 0.2) is 0 Å². The number of rotatable bonds is 4. The van der Waals surface area contributed by atoms with E-state index in [9.17, 15) is 17.2 Å². The van der Waals surface area contributed by atoms with Crippen LogP contribution in [0, 0.1) is 23.0 Å². The molecule has 0 atom stereocenters. The van der Waals surface area contributed by atoms with Crippen molar-refractivity contribution in [1.29, 1.82) is 5.26 Å². The molecular weight excluding hydrogens is 384 g/mol. The van der Waals surface area contributed by atoms with Crippen LogP contribution in [0.1, 0.15) is 5.56 Å². The average molecular weight is 394 g/mol. The summed E-state index contributed by atoms with van der Waals surface area (Å²) in [6.07, 6.45) is 2.22. The summed E-state index contributed by atoms with van der Waals surface area (Å²) in [5.74, 6) is -1.87. The van der Waals surface area contributed by atoms with Gasteiger partial charge >= 0.3 is 0 Å². The molecule has 0 saturated heterocycles. The minimum Gasteiger partial charge on any atom is -0.276 e. The number of nitriles is 1. The van der Waals surface area contributed by atoms with Crippen LogP contribution in [0.25, 0.3) is 10.8 Å². The molecule has 0 radical (unpaired) electrons. The first-order chi connectivity index (χ1) is 12.3. The Kier molecular flexibility index (Phi) is 4.76. The van der Waals surface area contributed by atoms with Gasteiger partial charge < -0.3 is 0 Å². The summed E-state index contributed by atoms with van der Waals surface area (Å²) in [5, 5.41) is 9.81. The van der Waals surface area contributed by atoms with Crippen molar-refractivity contribution in [3.05, 3.63) is 64.9 Å². The number of anilines is 1. The van der Waals surface area contributed by atoms with Crippen molar-refractivity contribution >= 4 is 38.1 Å². The molecule has 3 rings (SSSR count). The second-order valence-electron chi connectivity index (χ2n) is 5.37. The number of sulfonamides is 1. The maximum atomic E-state index is 14.1. The van der Waals surface area contributed by atoms with Crippen LogP contribution in [0.2, 0.25) is 5.02 Å². The number of hydrogen-bond donors (Lipinski definition) is 1. The third kappa shape index (κ3) is 3.45. The number of aromatic nitrogens is 1. The molecule has 0 amide bonds. The van der Waals surface area contributed by atoms with Gasteiger partial charge in [0.2, 0.25) is 0 Å². The van der Waals surface area contributed by atoms with Crippen molar-refractivity contribution in [2.24, 2.45) is 0 Å². The van der Waals surface area contributed by atoms with Crippen LogP contribution in [-0.4, -0.2) is 13.4 Å². The maximum Gasteiger partial charge on any atom is 0.264 e. The number of benzene rings is 2. The normalized spacial score (nSPS) is 11.3. The van der Waals surface area contributed by atoms with Gasteiger partial charge in [-0.1, -0.05) is 17.7 Å². The van der Waals surface area contributed by atoms with Crippen molar-refractivity contribution in [3.63, 3.8) is 0 Å². The van der Waals surface area contributed by atoms with Crippen molar-refractivity contribution in [3.8, 4) is 6.07 Å². The predicted octanol–water partition coefficient (Wildman–Crippen LogP) is 4.03. The summed E-state index contributed by atoms with van der Waals surface area (Å²) in [5.41, 5.74) is -0.718. The second-order valence-corrected chi connectivity index (χ2v) is 7.45. The number of nitrogens with zero attached hydrogens (tertiary/aromatic N) is 2. The second kappa shape index (κ2) is 6.86. The average Bonchev–Trinajstić information content (AvgIpc) is 2.58.